The van der Waals surface area contributed by atoms with Gasteiger partial charge in [0.15, 0.2) is 17.2 Å². The molecule has 0 radical (unpaired) electrons. The van der Waals surface area contributed by atoms with Gasteiger partial charge in [-0.05, 0) is 78.1 Å². The number of carbonyl (C=O) groups is 1. The van der Waals surface area contributed by atoms with Crippen LogP contribution in [-0.2, 0) is 19.6 Å². The lowest BCUT2D eigenvalue weighted by Gasteiger charge is -2.40. The number of ether oxygens (including phenoxy) is 1. The van der Waals surface area contributed by atoms with Crippen molar-refractivity contribution in [3.8, 4) is 0 Å². The number of benzene rings is 1. The van der Waals surface area contributed by atoms with Gasteiger partial charge < -0.3 is 15.8 Å². The number of rotatable bonds is 8. The van der Waals surface area contributed by atoms with E-state index in [0.717, 1.165) is 20.7 Å². The number of allylic oxidation sites excluding steroid dienone is 2. The lowest BCUT2D eigenvalue weighted by atomic mass is 9.85. The molecule has 0 saturated heterocycles. The van der Waals surface area contributed by atoms with Gasteiger partial charge in [-0.2, -0.15) is 0 Å². The Morgan fingerprint density at radius 3 is 2.52 bits per heavy atom. The Morgan fingerprint density at radius 1 is 1.35 bits per heavy atom. The first-order valence-electron chi connectivity index (χ1n) is 9.57. The van der Waals surface area contributed by atoms with Crippen molar-refractivity contribution in [1.29, 1.82) is 0 Å². The van der Waals surface area contributed by atoms with E-state index < -0.39 is 44.1 Å². The number of anilines is 1. The molecule has 7 nitrogen and oxygen atoms in total. The first-order valence-corrected chi connectivity index (χ1v) is 12.1. The Balaban J connectivity index is 2.20. The van der Waals surface area contributed by atoms with Gasteiger partial charge in [-0.1, -0.05) is 0 Å². The summed E-state index contributed by atoms with van der Waals surface area (Å²) in [4.78, 5) is 11.8. The molecule has 1 aromatic rings. The molecule has 0 aliphatic heterocycles. The molecule has 1 amide bonds. The first kappa shape index (κ1) is 24.1. The lowest BCUT2D eigenvalue weighted by Crippen LogP contribution is -2.61. The van der Waals surface area contributed by atoms with Crippen molar-refractivity contribution >= 4 is 44.2 Å². The fourth-order valence-electron chi connectivity index (χ4n) is 3.30. The Bertz CT molecular complexity index is 1070. The van der Waals surface area contributed by atoms with Crippen LogP contribution in [0, 0.1) is 16.4 Å². The number of nitrogens with two attached hydrogens (primary N) is 1. The standard InChI is InChI=1S/C20H24F2IN3O4S/c1-11-8-13(23)6-7-15(11)25-20(19(24)27)9-14(21)16(22)17(31(28,29)26(2)3)18(20)30-10-12-4-5-12/h6-9,12,18,25H,4-5,10H2,1-3H3,(H2,24,27). The zero-order valence-electron chi connectivity index (χ0n) is 17.3. The number of carbonyl (C=O) groups excluding carboxylic acids is 1. The summed E-state index contributed by atoms with van der Waals surface area (Å²) >= 11 is 2.11. The van der Waals surface area contributed by atoms with Gasteiger partial charge in [-0.15, -0.1) is 0 Å². The minimum absolute atomic E-state index is 0.0856. The molecule has 0 bridgehead atoms. The van der Waals surface area contributed by atoms with Crippen molar-refractivity contribution in [3.05, 3.63) is 50.0 Å². The Kier molecular flexibility index (Phi) is 6.80. The molecule has 0 heterocycles. The molecule has 2 atom stereocenters. The van der Waals surface area contributed by atoms with Crippen molar-refractivity contribution in [2.75, 3.05) is 26.0 Å². The maximum absolute atomic E-state index is 14.9. The highest BCUT2D eigenvalue weighted by Gasteiger charge is 2.55. The van der Waals surface area contributed by atoms with E-state index in [9.17, 15) is 22.0 Å². The molecule has 1 aromatic carbocycles. The zero-order chi connectivity index (χ0) is 23.1. The van der Waals surface area contributed by atoms with Crippen molar-refractivity contribution in [2.45, 2.75) is 31.4 Å². The van der Waals surface area contributed by atoms with Gasteiger partial charge in [0.2, 0.25) is 15.9 Å². The fraction of sp³-hybridized carbons (Fsp3) is 0.450. The summed E-state index contributed by atoms with van der Waals surface area (Å²) < 4.78 is 63.1. The molecule has 0 spiro atoms. The Labute approximate surface area is 193 Å². The Hall–Kier alpha value is -1.57. The summed E-state index contributed by atoms with van der Waals surface area (Å²) in [5.74, 6) is -4.03. The van der Waals surface area contributed by atoms with E-state index in [-0.39, 0.29) is 12.5 Å². The van der Waals surface area contributed by atoms with Crippen LogP contribution in [0.5, 0.6) is 0 Å². The minimum atomic E-state index is -4.49. The van der Waals surface area contributed by atoms with E-state index in [4.69, 9.17) is 10.5 Å². The third kappa shape index (κ3) is 4.64. The summed E-state index contributed by atoms with van der Waals surface area (Å²) in [6.45, 7) is 1.85. The van der Waals surface area contributed by atoms with Gasteiger partial charge in [0.1, 0.15) is 11.0 Å². The normalized spacial score (nSPS) is 24.4. The van der Waals surface area contributed by atoms with Gasteiger partial charge in [0.25, 0.3) is 0 Å². The van der Waals surface area contributed by atoms with Gasteiger partial charge in [-0.3, -0.25) is 4.79 Å². The molecular weight excluding hydrogens is 543 g/mol. The highest BCUT2D eigenvalue weighted by molar-refractivity contribution is 14.1. The van der Waals surface area contributed by atoms with Gasteiger partial charge in [-0.25, -0.2) is 21.5 Å². The largest absolute Gasteiger partial charge is 0.369 e. The second-order valence-electron chi connectivity index (χ2n) is 7.93. The molecule has 1 fully saturated rings. The molecular formula is C20H24F2IN3O4S. The number of nitrogens with one attached hydrogen (secondary N) is 1. The SMILES string of the molecule is Cc1cc(I)ccc1NC1(C(N)=O)C=C(F)C(F)=C(S(=O)(=O)N(C)C)C1OCC1CC1. The van der Waals surface area contributed by atoms with E-state index in [2.05, 4.69) is 27.9 Å². The molecule has 11 heteroatoms. The maximum atomic E-state index is 14.9. The first-order chi connectivity index (χ1) is 14.4. The summed E-state index contributed by atoms with van der Waals surface area (Å²) in [6, 6.07) is 5.22. The molecule has 3 rings (SSSR count). The number of amides is 1. The van der Waals surface area contributed by atoms with Crippen molar-refractivity contribution in [3.63, 3.8) is 0 Å². The molecule has 1 saturated carbocycles. The van der Waals surface area contributed by atoms with Crippen LogP contribution in [0.15, 0.2) is 40.8 Å². The van der Waals surface area contributed by atoms with Crippen LogP contribution in [-0.4, -0.2) is 51.0 Å². The van der Waals surface area contributed by atoms with Crippen LogP contribution in [0.1, 0.15) is 18.4 Å². The van der Waals surface area contributed by atoms with Gasteiger partial charge in [0.05, 0.1) is 6.61 Å². The number of primary amides is 1. The smallest absolute Gasteiger partial charge is 0.250 e. The van der Waals surface area contributed by atoms with Crippen LogP contribution < -0.4 is 11.1 Å². The van der Waals surface area contributed by atoms with Crippen molar-refractivity contribution in [2.24, 2.45) is 11.7 Å². The Morgan fingerprint density at radius 2 is 2.00 bits per heavy atom. The van der Waals surface area contributed by atoms with Gasteiger partial charge >= 0.3 is 0 Å². The van der Waals surface area contributed by atoms with Crippen LogP contribution in [0.4, 0.5) is 14.5 Å². The minimum Gasteiger partial charge on any atom is -0.369 e. The van der Waals surface area contributed by atoms with Crippen LogP contribution in [0.2, 0.25) is 0 Å². The number of nitrogens with zero attached hydrogens (tertiary/aromatic N) is 1. The molecule has 2 unspecified atom stereocenters. The molecule has 2 aliphatic carbocycles. The number of sulfonamides is 1. The highest BCUT2D eigenvalue weighted by atomic mass is 127. The quantitative estimate of drug-likeness (QED) is 0.471. The molecule has 0 aromatic heterocycles. The number of hydrogen-bond acceptors (Lipinski definition) is 5. The van der Waals surface area contributed by atoms with Crippen molar-refractivity contribution in [1.82, 2.24) is 4.31 Å². The van der Waals surface area contributed by atoms with Crippen LogP contribution in [0.25, 0.3) is 0 Å². The van der Waals surface area contributed by atoms with Gasteiger partial charge in [0, 0.05) is 23.4 Å². The van der Waals surface area contributed by atoms with E-state index in [1.165, 1.54) is 14.1 Å². The summed E-state index contributed by atoms with van der Waals surface area (Å²) in [7, 11) is -2.12. The second kappa shape index (κ2) is 8.75. The monoisotopic (exact) mass is 567 g/mol. The zero-order valence-corrected chi connectivity index (χ0v) is 20.3. The topological polar surface area (TPSA) is 102 Å². The van der Waals surface area contributed by atoms with E-state index in [1.807, 2.05) is 6.07 Å². The van der Waals surface area contributed by atoms with E-state index >= 15 is 0 Å². The number of hydrogen-bond donors (Lipinski definition) is 2. The molecule has 2 aliphatic rings. The molecule has 3 N–H and O–H groups in total. The average molecular weight is 567 g/mol. The summed E-state index contributed by atoms with van der Waals surface area (Å²) in [5.41, 5.74) is 4.63. The van der Waals surface area contributed by atoms with Crippen LogP contribution in [0.3, 0.4) is 0 Å². The summed E-state index contributed by atoms with van der Waals surface area (Å²) in [5, 5.41) is 2.87. The predicted octanol–water partition coefficient (Wildman–Crippen LogP) is 2.97. The highest BCUT2D eigenvalue weighted by Crippen LogP contribution is 2.42. The third-order valence-electron chi connectivity index (χ3n) is 5.32. The molecule has 31 heavy (non-hydrogen) atoms. The van der Waals surface area contributed by atoms with E-state index in [1.54, 1.807) is 19.1 Å². The maximum Gasteiger partial charge on any atom is 0.250 e. The number of halogens is 3. The van der Waals surface area contributed by atoms with Crippen LogP contribution >= 0.6 is 22.6 Å². The average Bonchev–Trinajstić information content (AvgIpc) is 3.49. The summed E-state index contributed by atoms with van der Waals surface area (Å²) in [6.07, 6.45) is 0.711. The second-order valence-corrected chi connectivity index (χ2v) is 11.3. The number of aryl methyl sites for hydroxylation is 1. The van der Waals surface area contributed by atoms with Crippen molar-refractivity contribution < 1.29 is 26.7 Å². The fourth-order valence-corrected chi connectivity index (χ4v) is 5.19. The predicted molar refractivity (Wildman–Crippen MR) is 122 cm³/mol. The van der Waals surface area contributed by atoms with E-state index in [0.29, 0.717) is 17.3 Å². The molecule has 170 valence electrons. The third-order valence-corrected chi connectivity index (χ3v) is 7.91. The lowest BCUT2D eigenvalue weighted by molar-refractivity contribution is -0.124.